The lowest BCUT2D eigenvalue weighted by Crippen LogP contribution is -2.41. The molecule has 2 rings (SSSR count). The Balaban J connectivity index is 2.25. The van der Waals surface area contributed by atoms with Crippen molar-refractivity contribution >= 4 is 11.7 Å². The van der Waals surface area contributed by atoms with Crippen LogP contribution in [0.15, 0.2) is 0 Å². The molecule has 1 aromatic rings. The second-order valence-electron chi connectivity index (χ2n) is 6.02. The number of piperidine rings is 1. The molecule has 0 bridgehead atoms. The molecule has 3 N–H and O–H groups in total. The van der Waals surface area contributed by atoms with Gasteiger partial charge < -0.3 is 10.6 Å². The quantitative estimate of drug-likeness (QED) is 0.656. The third-order valence-electron chi connectivity index (χ3n) is 5.08. The van der Waals surface area contributed by atoms with Crippen molar-refractivity contribution in [2.24, 2.45) is 18.2 Å². The van der Waals surface area contributed by atoms with Gasteiger partial charge in [0.1, 0.15) is 11.7 Å². The summed E-state index contributed by atoms with van der Waals surface area (Å²) in [5.41, 5.74) is 7.89. The van der Waals surface area contributed by atoms with Crippen molar-refractivity contribution in [3.05, 3.63) is 11.3 Å². The van der Waals surface area contributed by atoms with Crippen molar-refractivity contribution in [1.82, 2.24) is 9.78 Å². The molecule has 1 fully saturated rings. The molecule has 5 nitrogen and oxygen atoms in total. The zero-order chi connectivity index (χ0) is 14.9. The van der Waals surface area contributed by atoms with Gasteiger partial charge >= 0.3 is 0 Å². The third-order valence-corrected chi connectivity index (χ3v) is 5.08. The number of hydrogen-bond acceptors (Lipinski definition) is 3. The molecule has 0 radical (unpaired) electrons. The van der Waals surface area contributed by atoms with Crippen molar-refractivity contribution in [1.29, 1.82) is 5.41 Å². The Morgan fingerprint density at radius 2 is 1.85 bits per heavy atom. The number of nitrogens with one attached hydrogen (secondary N) is 1. The Morgan fingerprint density at radius 1 is 1.30 bits per heavy atom. The summed E-state index contributed by atoms with van der Waals surface area (Å²) in [6.45, 7) is 8.58. The fraction of sp³-hybridized carbons (Fsp3) is 0.733. The molecule has 0 spiro atoms. The Bertz CT molecular complexity index is 489. The minimum absolute atomic E-state index is 0.119. The van der Waals surface area contributed by atoms with Crippen LogP contribution in [0, 0.1) is 17.7 Å². The Labute approximate surface area is 121 Å². The first-order chi connectivity index (χ1) is 9.44. The van der Waals surface area contributed by atoms with Crippen LogP contribution in [-0.4, -0.2) is 28.7 Å². The zero-order valence-corrected chi connectivity index (χ0v) is 13.2. The van der Waals surface area contributed by atoms with Crippen molar-refractivity contribution in [2.75, 3.05) is 18.0 Å². The normalized spacial score (nSPS) is 18.3. The van der Waals surface area contributed by atoms with E-state index in [1.807, 2.05) is 18.7 Å². The van der Waals surface area contributed by atoms with E-state index in [1.54, 1.807) is 0 Å². The van der Waals surface area contributed by atoms with Gasteiger partial charge in [-0.25, -0.2) is 0 Å². The van der Waals surface area contributed by atoms with Crippen LogP contribution in [0.2, 0.25) is 0 Å². The first-order valence-electron chi connectivity index (χ1n) is 7.57. The van der Waals surface area contributed by atoms with Crippen molar-refractivity contribution in [3.8, 4) is 0 Å². The molecule has 0 unspecified atom stereocenters. The molecule has 1 aliphatic heterocycles. The Morgan fingerprint density at radius 3 is 2.30 bits per heavy atom. The standard InChI is InChI=1S/C15H27N5/c1-5-15(6-2)7-9-20(10-8-15)14-12(13(16)17)11(3)18-19(14)4/h5-10H2,1-4H3,(H3,16,17). The maximum atomic E-state index is 7.80. The van der Waals surface area contributed by atoms with E-state index in [2.05, 4.69) is 23.8 Å². The highest BCUT2D eigenvalue weighted by Gasteiger charge is 2.33. The van der Waals surface area contributed by atoms with E-state index in [-0.39, 0.29) is 5.84 Å². The highest BCUT2D eigenvalue weighted by molar-refractivity contribution is 6.00. The van der Waals surface area contributed by atoms with Gasteiger partial charge in [0, 0.05) is 20.1 Å². The number of nitrogens with zero attached hydrogens (tertiary/aromatic N) is 3. The van der Waals surface area contributed by atoms with Crippen molar-refractivity contribution < 1.29 is 0 Å². The Kier molecular flexibility index (Phi) is 4.06. The van der Waals surface area contributed by atoms with Gasteiger partial charge in [0.05, 0.1) is 11.3 Å². The minimum atomic E-state index is 0.119. The molecule has 1 saturated heterocycles. The fourth-order valence-corrected chi connectivity index (χ4v) is 3.47. The molecule has 2 heterocycles. The molecule has 0 aromatic carbocycles. The van der Waals surface area contributed by atoms with Gasteiger partial charge in [-0.3, -0.25) is 10.1 Å². The van der Waals surface area contributed by atoms with Crippen LogP contribution in [-0.2, 0) is 7.05 Å². The molecule has 1 aliphatic rings. The summed E-state index contributed by atoms with van der Waals surface area (Å²) >= 11 is 0. The van der Waals surface area contributed by atoms with E-state index in [1.165, 1.54) is 25.7 Å². The van der Waals surface area contributed by atoms with Crippen molar-refractivity contribution in [2.45, 2.75) is 46.5 Å². The van der Waals surface area contributed by atoms with Crippen LogP contribution in [0.25, 0.3) is 0 Å². The average molecular weight is 277 g/mol. The van der Waals surface area contributed by atoms with Gasteiger partial charge in [0.25, 0.3) is 0 Å². The smallest absolute Gasteiger partial charge is 0.137 e. The maximum Gasteiger partial charge on any atom is 0.137 e. The molecule has 20 heavy (non-hydrogen) atoms. The highest BCUT2D eigenvalue weighted by atomic mass is 15.4. The number of amidine groups is 1. The number of aromatic nitrogens is 2. The second-order valence-corrected chi connectivity index (χ2v) is 6.02. The zero-order valence-electron chi connectivity index (χ0n) is 13.2. The molecule has 0 saturated carbocycles. The van der Waals surface area contributed by atoms with Gasteiger partial charge in [-0.2, -0.15) is 5.10 Å². The molecule has 1 aromatic heterocycles. The number of aryl methyl sites for hydroxylation is 2. The van der Waals surface area contributed by atoms with E-state index in [4.69, 9.17) is 11.1 Å². The summed E-state index contributed by atoms with van der Waals surface area (Å²) in [7, 11) is 1.94. The first-order valence-corrected chi connectivity index (χ1v) is 7.57. The van der Waals surface area contributed by atoms with E-state index in [0.717, 1.165) is 30.2 Å². The predicted octanol–water partition coefficient (Wildman–Crippen LogP) is 2.42. The van der Waals surface area contributed by atoms with Gasteiger partial charge in [-0.15, -0.1) is 0 Å². The fourth-order valence-electron chi connectivity index (χ4n) is 3.47. The Hall–Kier alpha value is -1.52. The van der Waals surface area contributed by atoms with E-state index in [9.17, 15) is 0 Å². The first kappa shape index (κ1) is 14.9. The molecule has 0 atom stereocenters. The van der Waals surface area contributed by atoms with Crippen LogP contribution in [0.1, 0.15) is 50.8 Å². The molecular weight excluding hydrogens is 250 g/mol. The van der Waals surface area contributed by atoms with Gasteiger partial charge in [0.15, 0.2) is 0 Å². The molecular formula is C15H27N5. The largest absolute Gasteiger partial charge is 0.384 e. The maximum absolute atomic E-state index is 7.80. The van der Waals surface area contributed by atoms with Crippen LogP contribution < -0.4 is 10.6 Å². The van der Waals surface area contributed by atoms with Crippen LogP contribution in [0.3, 0.4) is 0 Å². The van der Waals surface area contributed by atoms with E-state index < -0.39 is 0 Å². The lowest BCUT2D eigenvalue weighted by Gasteiger charge is -2.42. The van der Waals surface area contributed by atoms with Crippen molar-refractivity contribution in [3.63, 3.8) is 0 Å². The number of nitrogens with two attached hydrogens (primary N) is 1. The summed E-state index contributed by atoms with van der Waals surface area (Å²) in [4.78, 5) is 2.35. The van der Waals surface area contributed by atoms with Crippen LogP contribution >= 0.6 is 0 Å². The lowest BCUT2D eigenvalue weighted by molar-refractivity contribution is 0.198. The third kappa shape index (κ3) is 2.41. The average Bonchev–Trinajstić information content (AvgIpc) is 2.73. The van der Waals surface area contributed by atoms with Gasteiger partial charge in [-0.1, -0.05) is 26.7 Å². The van der Waals surface area contributed by atoms with E-state index in [0.29, 0.717) is 5.41 Å². The highest BCUT2D eigenvalue weighted by Crippen LogP contribution is 2.39. The van der Waals surface area contributed by atoms with Crippen LogP contribution in [0.4, 0.5) is 5.82 Å². The molecule has 5 heteroatoms. The molecule has 112 valence electrons. The summed E-state index contributed by atoms with van der Waals surface area (Å²) in [5.74, 6) is 1.13. The molecule has 0 amide bonds. The summed E-state index contributed by atoms with van der Waals surface area (Å²) in [5, 5.41) is 12.2. The number of nitrogen functional groups attached to an aromatic ring is 1. The predicted molar refractivity (Wildman–Crippen MR) is 83.4 cm³/mol. The van der Waals surface area contributed by atoms with Gasteiger partial charge in [0.2, 0.25) is 0 Å². The van der Waals surface area contributed by atoms with Crippen LogP contribution in [0.5, 0.6) is 0 Å². The molecule has 0 aliphatic carbocycles. The summed E-state index contributed by atoms with van der Waals surface area (Å²) in [6, 6.07) is 0. The number of anilines is 1. The lowest BCUT2D eigenvalue weighted by atomic mass is 9.74. The van der Waals surface area contributed by atoms with Gasteiger partial charge in [-0.05, 0) is 25.2 Å². The summed E-state index contributed by atoms with van der Waals surface area (Å²) < 4.78 is 1.87. The second kappa shape index (κ2) is 5.46. The summed E-state index contributed by atoms with van der Waals surface area (Å²) in [6.07, 6.45) is 4.92. The number of hydrogen-bond donors (Lipinski definition) is 2. The monoisotopic (exact) mass is 277 g/mol. The SMILES string of the molecule is CCC1(CC)CCN(c2c(C(=N)N)c(C)nn2C)CC1. The minimum Gasteiger partial charge on any atom is -0.384 e. The van der Waals surface area contributed by atoms with E-state index >= 15 is 0 Å². The number of rotatable bonds is 4. The topological polar surface area (TPSA) is 70.9 Å².